The SMILES string of the molecule is Cc1cc(OCCNCC(O)c2ccc(OCc3ccccc3)c(NS(C)(=O)=O)c2)cc(C)c1-c1ccc(C(=O)O)cc1. The van der Waals surface area contributed by atoms with E-state index < -0.39 is 22.1 Å². The normalized spacial score (nSPS) is 12.0. The molecule has 1 atom stereocenters. The zero-order chi connectivity index (χ0) is 31.0. The molecule has 226 valence electrons. The predicted molar refractivity (Wildman–Crippen MR) is 167 cm³/mol. The Hall–Kier alpha value is -4.38. The highest BCUT2D eigenvalue weighted by atomic mass is 32.2. The molecular formula is C33H36N2O7S. The van der Waals surface area contributed by atoms with Crippen LogP contribution in [0.4, 0.5) is 5.69 Å². The maximum atomic E-state index is 12.0. The molecule has 4 N–H and O–H groups in total. The monoisotopic (exact) mass is 604 g/mol. The van der Waals surface area contributed by atoms with Gasteiger partial charge in [-0.25, -0.2) is 13.2 Å². The molecule has 43 heavy (non-hydrogen) atoms. The minimum Gasteiger partial charge on any atom is -0.492 e. The van der Waals surface area contributed by atoms with E-state index in [2.05, 4.69) is 10.0 Å². The lowest BCUT2D eigenvalue weighted by molar-refractivity contribution is 0.0697. The lowest BCUT2D eigenvalue weighted by Gasteiger charge is -2.17. The number of aryl methyl sites for hydroxylation is 2. The fraction of sp³-hybridized carbons (Fsp3) is 0.242. The lowest BCUT2D eigenvalue weighted by atomic mass is 9.95. The van der Waals surface area contributed by atoms with Crippen molar-refractivity contribution in [3.8, 4) is 22.6 Å². The Balaban J connectivity index is 1.31. The van der Waals surface area contributed by atoms with Crippen LogP contribution >= 0.6 is 0 Å². The van der Waals surface area contributed by atoms with E-state index in [1.165, 1.54) is 0 Å². The summed E-state index contributed by atoms with van der Waals surface area (Å²) in [7, 11) is -3.57. The highest BCUT2D eigenvalue weighted by Gasteiger charge is 2.15. The summed E-state index contributed by atoms with van der Waals surface area (Å²) in [5.41, 5.74) is 5.96. The van der Waals surface area contributed by atoms with Crippen molar-refractivity contribution >= 4 is 21.7 Å². The van der Waals surface area contributed by atoms with Gasteiger partial charge in [0, 0.05) is 13.1 Å². The third kappa shape index (κ3) is 9.05. The number of carboxylic acids is 1. The summed E-state index contributed by atoms with van der Waals surface area (Å²) in [6.45, 7) is 5.31. The summed E-state index contributed by atoms with van der Waals surface area (Å²) < 4.78 is 38.2. The molecule has 0 fully saturated rings. The van der Waals surface area contributed by atoms with E-state index in [4.69, 9.17) is 14.6 Å². The summed E-state index contributed by atoms with van der Waals surface area (Å²) >= 11 is 0. The van der Waals surface area contributed by atoms with Crippen LogP contribution in [0.3, 0.4) is 0 Å². The first-order valence-corrected chi connectivity index (χ1v) is 15.6. The Morgan fingerprint density at radius 2 is 1.58 bits per heavy atom. The topological polar surface area (TPSA) is 134 Å². The van der Waals surface area contributed by atoms with E-state index in [1.807, 2.05) is 56.3 Å². The van der Waals surface area contributed by atoms with Crippen LogP contribution in [0, 0.1) is 13.8 Å². The number of hydrogen-bond acceptors (Lipinski definition) is 7. The zero-order valence-corrected chi connectivity index (χ0v) is 25.1. The van der Waals surface area contributed by atoms with Crippen molar-refractivity contribution in [2.45, 2.75) is 26.6 Å². The number of sulfonamides is 1. The lowest BCUT2D eigenvalue weighted by Crippen LogP contribution is -2.26. The number of hydrogen-bond donors (Lipinski definition) is 4. The van der Waals surface area contributed by atoms with Gasteiger partial charge in [0.1, 0.15) is 24.7 Å². The van der Waals surface area contributed by atoms with Crippen molar-refractivity contribution < 1.29 is 32.9 Å². The Morgan fingerprint density at radius 1 is 0.907 bits per heavy atom. The molecular weight excluding hydrogens is 568 g/mol. The van der Waals surface area contributed by atoms with Gasteiger partial charge >= 0.3 is 5.97 Å². The highest BCUT2D eigenvalue weighted by Crippen LogP contribution is 2.32. The van der Waals surface area contributed by atoms with E-state index in [1.54, 1.807) is 42.5 Å². The van der Waals surface area contributed by atoms with Gasteiger partial charge in [-0.15, -0.1) is 0 Å². The molecule has 0 aliphatic carbocycles. The van der Waals surface area contributed by atoms with E-state index >= 15 is 0 Å². The minimum absolute atomic E-state index is 0.231. The van der Waals surface area contributed by atoms with Gasteiger partial charge in [-0.3, -0.25) is 4.72 Å². The van der Waals surface area contributed by atoms with Crippen LogP contribution in [-0.2, 0) is 16.6 Å². The second-order valence-corrected chi connectivity index (χ2v) is 12.0. The van der Waals surface area contributed by atoms with Crippen molar-refractivity contribution in [1.29, 1.82) is 0 Å². The maximum Gasteiger partial charge on any atom is 0.335 e. The van der Waals surface area contributed by atoms with Gasteiger partial charge < -0.3 is 25.0 Å². The first kappa shape index (κ1) is 31.6. The van der Waals surface area contributed by atoms with Crippen LogP contribution in [0.5, 0.6) is 11.5 Å². The van der Waals surface area contributed by atoms with Gasteiger partial charge in [0.25, 0.3) is 0 Å². The number of aromatic carboxylic acids is 1. The molecule has 4 aromatic carbocycles. The first-order chi connectivity index (χ1) is 20.5. The van der Waals surface area contributed by atoms with E-state index in [-0.39, 0.29) is 24.4 Å². The number of carboxylic acid groups (broad SMARTS) is 1. The van der Waals surface area contributed by atoms with Crippen LogP contribution in [0.25, 0.3) is 11.1 Å². The molecule has 9 nitrogen and oxygen atoms in total. The van der Waals surface area contributed by atoms with E-state index in [9.17, 15) is 18.3 Å². The van der Waals surface area contributed by atoms with Crippen molar-refractivity contribution in [2.24, 2.45) is 0 Å². The van der Waals surface area contributed by atoms with Gasteiger partial charge in [-0.2, -0.15) is 0 Å². The molecule has 4 rings (SSSR count). The van der Waals surface area contributed by atoms with Gasteiger partial charge in [-0.1, -0.05) is 48.5 Å². The van der Waals surface area contributed by atoms with Gasteiger partial charge in [0.2, 0.25) is 10.0 Å². The van der Waals surface area contributed by atoms with Gasteiger partial charge in [0.05, 0.1) is 23.6 Å². The number of nitrogens with one attached hydrogen (secondary N) is 2. The van der Waals surface area contributed by atoms with E-state index in [0.717, 1.165) is 34.1 Å². The third-order valence-electron chi connectivity index (χ3n) is 6.73. The Bertz CT molecular complexity index is 1630. The second-order valence-electron chi connectivity index (χ2n) is 10.3. The molecule has 0 saturated carbocycles. The Morgan fingerprint density at radius 3 is 2.21 bits per heavy atom. The molecule has 1 unspecified atom stereocenters. The number of ether oxygens (including phenoxy) is 2. The first-order valence-electron chi connectivity index (χ1n) is 13.7. The van der Waals surface area contributed by atoms with E-state index in [0.29, 0.717) is 30.2 Å². The van der Waals surface area contributed by atoms with Crippen LogP contribution in [0.2, 0.25) is 0 Å². The molecule has 0 bridgehead atoms. The summed E-state index contributed by atoms with van der Waals surface area (Å²) in [6.07, 6.45) is 0.174. The largest absolute Gasteiger partial charge is 0.492 e. The second kappa shape index (κ2) is 14.2. The fourth-order valence-electron chi connectivity index (χ4n) is 4.74. The van der Waals surface area contributed by atoms with Crippen LogP contribution in [0.15, 0.2) is 84.9 Å². The molecule has 0 saturated heterocycles. The summed E-state index contributed by atoms with van der Waals surface area (Å²) in [5.74, 6) is 0.118. The van der Waals surface area contributed by atoms with Gasteiger partial charge in [0.15, 0.2) is 0 Å². The van der Waals surface area contributed by atoms with Gasteiger partial charge in [-0.05, 0) is 83.6 Å². The predicted octanol–water partition coefficient (Wildman–Crippen LogP) is 5.32. The highest BCUT2D eigenvalue weighted by molar-refractivity contribution is 7.92. The Labute approximate surface area is 252 Å². The standard InChI is InChI=1S/C33H36N2O7S/c1-22-17-28(18-23(2)32(22)25-9-11-26(12-10-25)33(37)38)41-16-15-34-20-30(36)27-13-14-31(29(19-27)35-43(3,39)40)42-21-24-7-5-4-6-8-24/h4-14,17-19,30,34-36H,15-16,20-21H2,1-3H3,(H,37,38). The summed E-state index contributed by atoms with van der Waals surface area (Å²) in [5, 5.41) is 23.1. The zero-order valence-electron chi connectivity index (χ0n) is 24.3. The number of aliphatic hydroxyl groups excluding tert-OH is 1. The van der Waals surface area contributed by atoms with Crippen LogP contribution < -0.4 is 19.5 Å². The molecule has 0 aliphatic rings. The molecule has 4 aromatic rings. The molecule has 0 amide bonds. The molecule has 0 radical (unpaired) electrons. The number of aliphatic hydroxyl groups is 1. The molecule has 0 aliphatic heterocycles. The fourth-order valence-corrected chi connectivity index (χ4v) is 5.29. The van der Waals surface area contributed by atoms with Crippen molar-refractivity contribution in [3.05, 3.63) is 113 Å². The quantitative estimate of drug-likeness (QED) is 0.142. The molecule has 0 spiro atoms. The van der Waals surface area contributed by atoms with Crippen molar-refractivity contribution in [3.63, 3.8) is 0 Å². The van der Waals surface area contributed by atoms with Crippen molar-refractivity contribution in [1.82, 2.24) is 5.32 Å². The molecule has 0 heterocycles. The number of carbonyl (C=O) groups is 1. The molecule has 10 heteroatoms. The molecule has 0 aromatic heterocycles. The maximum absolute atomic E-state index is 12.0. The summed E-state index contributed by atoms with van der Waals surface area (Å²) in [6, 6.07) is 25.2. The van der Waals surface area contributed by atoms with Crippen molar-refractivity contribution in [2.75, 3.05) is 30.7 Å². The minimum atomic E-state index is -3.57. The average Bonchev–Trinajstić information content (AvgIpc) is 2.96. The van der Waals surface area contributed by atoms with Crippen LogP contribution in [-0.4, -0.2) is 50.6 Å². The number of rotatable bonds is 14. The third-order valence-corrected chi connectivity index (χ3v) is 7.32. The Kier molecular flexibility index (Phi) is 10.4. The smallest absolute Gasteiger partial charge is 0.335 e. The van der Waals surface area contributed by atoms with Crippen LogP contribution in [0.1, 0.15) is 38.7 Å². The number of anilines is 1. The number of benzene rings is 4. The average molecular weight is 605 g/mol. The summed E-state index contributed by atoms with van der Waals surface area (Å²) in [4.78, 5) is 11.2.